The van der Waals surface area contributed by atoms with Crippen LogP contribution in [0.1, 0.15) is 17.4 Å². The molecule has 3 N–H and O–H groups in total. The third-order valence-electron chi connectivity index (χ3n) is 2.69. The molecule has 0 saturated carbocycles. The van der Waals surface area contributed by atoms with E-state index in [1.165, 1.54) is 32.4 Å². The van der Waals surface area contributed by atoms with Crippen molar-refractivity contribution >= 4 is 16.5 Å². The Morgan fingerprint density at radius 3 is 2.78 bits per heavy atom. The van der Waals surface area contributed by atoms with Gasteiger partial charge in [0.1, 0.15) is 17.2 Å². The smallest absolute Gasteiger partial charge is 0.180 e. The number of nitrogens with two attached hydrogens (primary N) is 1. The Balaban J connectivity index is 2.60. The lowest BCUT2D eigenvalue weighted by molar-refractivity contribution is 0.0981. The van der Waals surface area contributed by atoms with Gasteiger partial charge in [0.05, 0.1) is 17.6 Å². The molecule has 2 aromatic rings. The monoisotopic (exact) mass is 268 g/mol. The minimum atomic E-state index is -1.54. The lowest BCUT2D eigenvalue weighted by atomic mass is 9.93. The number of methoxy groups -OCH3 is 1. The maximum atomic E-state index is 13.9. The molecule has 0 spiro atoms. The highest BCUT2D eigenvalue weighted by Crippen LogP contribution is 2.39. The van der Waals surface area contributed by atoms with Crippen molar-refractivity contribution in [2.45, 2.75) is 12.5 Å². The fourth-order valence-electron chi connectivity index (χ4n) is 1.78. The number of benzene rings is 1. The summed E-state index contributed by atoms with van der Waals surface area (Å²) in [7, 11) is 1.43. The second-order valence-corrected chi connectivity index (χ2v) is 5.01. The summed E-state index contributed by atoms with van der Waals surface area (Å²) >= 11 is 1.11. The largest absolute Gasteiger partial charge is 0.496 e. The highest BCUT2D eigenvalue weighted by molar-refractivity contribution is 7.15. The van der Waals surface area contributed by atoms with E-state index in [0.29, 0.717) is 10.0 Å². The first-order valence-electron chi connectivity index (χ1n) is 5.24. The van der Waals surface area contributed by atoms with Gasteiger partial charge in [-0.2, -0.15) is 0 Å². The van der Waals surface area contributed by atoms with Crippen molar-refractivity contribution in [3.8, 4) is 5.75 Å². The molecule has 0 radical (unpaired) electrons. The Kier molecular flexibility index (Phi) is 3.23. The predicted octanol–water partition coefficient (Wildman–Crippen LogP) is 2.13. The average Bonchev–Trinajstić information content (AvgIpc) is 2.75. The van der Waals surface area contributed by atoms with E-state index in [9.17, 15) is 9.50 Å². The molecule has 1 unspecified atom stereocenters. The molecule has 0 aliphatic carbocycles. The molecule has 1 aromatic carbocycles. The van der Waals surface area contributed by atoms with E-state index in [2.05, 4.69) is 4.98 Å². The summed E-state index contributed by atoms with van der Waals surface area (Å²) in [6.45, 7) is 1.49. The maximum absolute atomic E-state index is 13.9. The van der Waals surface area contributed by atoms with E-state index in [4.69, 9.17) is 10.5 Å². The number of nitrogens with zero attached hydrogens (tertiary/aromatic N) is 1. The molecule has 18 heavy (non-hydrogen) atoms. The van der Waals surface area contributed by atoms with E-state index >= 15 is 0 Å². The van der Waals surface area contributed by atoms with Crippen LogP contribution in [0.25, 0.3) is 0 Å². The number of aliphatic hydroxyl groups is 1. The van der Waals surface area contributed by atoms with Gasteiger partial charge in [0, 0.05) is 6.20 Å². The van der Waals surface area contributed by atoms with Crippen molar-refractivity contribution in [2.24, 2.45) is 0 Å². The number of thiazole rings is 1. The highest BCUT2D eigenvalue weighted by Gasteiger charge is 2.34. The minimum absolute atomic E-state index is 0.0798. The molecule has 1 atom stereocenters. The van der Waals surface area contributed by atoms with Crippen LogP contribution in [-0.4, -0.2) is 17.2 Å². The Labute approximate surface area is 108 Å². The molecule has 1 heterocycles. The van der Waals surface area contributed by atoms with Gasteiger partial charge in [0.2, 0.25) is 0 Å². The van der Waals surface area contributed by atoms with Gasteiger partial charge in [-0.1, -0.05) is 17.4 Å². The van der Waals surface area contributed by atoms with Crippen molar-refractivity contribution in [3.63, 3.8) is 0 Å². The molecule has 0 amide bonds. The number of aromatic nitrogens is 1. The minimum Gasteiger partial charge on any atom is -0.496 e. The van der Waals surface area contributed by atoms with Gasteiger partial charge in [-0.05, 0) is 19.1 Å². The third kappa shape index (κ3) is 2.04. The fourth-order valence-corrected chi connectivity index (χ4v) is 2.52. The van der Waals surface area contributed by atoms with Gasteiger partial charge in [-0.15, -0.1) is 0 Å². The Hall–Kier alpha value is -1.66. The normalized spacial score (nSPS) is 14.2. The Morgan fingerprint density at radius 1 is 1.50 bits per heavy atom. The number of hydrogen-bond donors (Lipinski definition) is 2. The summed E-state index contributed by atoms with van der Waals surface area (Å²) in [6, 6.07) is 4.39. The van der Waals surface area contributed by atoms with Crippen LogP contribution < -0.4 is 10.5 Å². The standard InChI is InChI=1S/C12H13FN2O2S/c1-12(16,9-6-15-11(14)18-9)10-7(13)4-3-5-8(10)17-2/h3-6,16H,1-2H3,(H2,14,15). The zero-order valence-corrected chi connectivity index (χ0v) is 10.8. The van der Waals surface area contributed by atoms with Crippen LogP contribution >= 0.6 is 11.3 Å². The fraction of sp³-hybridized carbons (Fsp3) is 0.250. The highest BCUT2D eigenvalue weighted by atomic mass is 32.1. The second-order valence-electron chi connectivity index (χ2n) is 3.95. The van der Waals surface area contributed by atoms with Gasteiger partial charge in [0.25, 0.3) is 0 Å². The quantitative estimate of drug-likeness (QED) is 0.894. The SMILES string of the molecule is COc1cccc(F)c1C(C)(O)c1cnc(N)s1. The van der Waals surface area contributed by atoms with Gasteiger partial charge < -0.3 is 15.6 Å². The number of ether oxygens (including phenoxy) is 1. The van der Waals surface area contributed by atoms with E-state index in [1.54, 1.807) is 6.07 Å². The van der Waals surface area contributed by atoms with Gasteiger partial charge in [-0.3, -0.25) is 0 Å². The van der Waals surface area contributed by atoms with Crippen LogP contribution in [0.5, 0.6) is 5.75 Å². The Morgan fingerprint density at radius 2 is 2.22 bits per heavy atom. The van der Waals surface area contributed by atoms with Gasteiger partial charge >= 0.3 is 0 Å². The number of rotatable bonds is 3. The molecule has 0 fully saturated rings. The van der Waals surface area contributed by atoms with Crippen LogP contribution in [-0.2, 0) is 5.60 Å². The molecule has 2 rings (SSSR count). The number of halogens is 1. The summed E-state index contributed by atoms with van der Waals surface area (Å²) < 4.78 is 19.0. The zero-order chi connectivity index (χ0) is 13.3. The second kappa shape index (κ2) is 4.55. The number of anilines is 1. The maximum Gasteiger partial charge on any atom is 0.180 e. The zero-order valence-electron chi connectivity index (χ0n) is 9.98. The molecule has 6 heteroatoms. The van der Waals surface area contributed by atoms with Crippen molar-refractivity contribution in [2.75, 3.05) is 12.8 Å². The molecule has 4 nitrogen and oxygen atoms in total. The summed E-state index contributed by atoms with van der Waals surface area (Å²) in [4.78, 5) is 4.33. The number of nitrogen functional groups attached to an aromatic ring is 1. The lowest BCUT2D eigenvalue weighted by Crippen LogP contribution is -2.24. The third-order valence-corrected chi connectivity index (χ3v) is 3.72. The molecule has 0 bridgehead atoms. The molecular formula is C12H13FN2O2S. The van der Waals surface area contributed by atoms with Crippen molar-refractivity contribution in [1.29, 1.82) is 0 Å². The van der Waals surface area contributed by atoms with E-state index in [0.717, 1.165) is 11.3 Å². The first kappa shape index (κ1) is 12.8. The molecule has 0 aliphatic heterocycles. The topological polar surface area (TPSA) is 68.4 Å². The molecule has 0 saturated heterocycles. The average molecular weight is 268 g/mol. The van der Waals surface area contributed by atoms with E-state index in [1.807, 2.05) is 0 Å². The first-order chi connectivity index (χ1) is 8.46. The molecule has 0 aliphatic rings. The van der Waals surface area contributed by atoms with Crippen molar-refractivity contribution in [3.05, 3.63) is 40.7 Å². The van der Waals surface area contributed by atoms with Crippen LogP contribution in [0.2, 0.25) is 0 Å². The van der Waals surface area contributed by atoms with Crippen LogP contribution in [0, 0.1) is 5.82 Å². The molecule has 1 aromatic heterocycles. The van der Waals surface area contributed by atoms with Gasteiger partial charge in [-0.25, -0.2) is 9.37 Å². The summed E-state index contributed by atoms with van der Waals surface area (Å²) in [6.07, 6.45) is 1.44. The van der Waals surface area contributed by atoms with Crippen molar-refractivity contribution in [1.82, 2.24) is 4.98 Å². The molecule has 96 valence electrons. The number of hydrogen-bond acceptors (Lipinski definition) is 5. The van der Waals surface area contributed by atoms with Crippen molar-refractivity contribution < 1.29 is 14.2 Å². The van der Waals surface area contributed by atoms with E-state index in [-0.39, 0.29) is 11.3 Å². The predicted molar refractivity (Wildman–Crippen MR) is 68.2 cm³/mol. The Bertz CT molecular complexity index is 569. The van der Waals surface area contributed by atoms with Crippen LogP contribution in [0.3, 0.4) is 0 Å². The summed E-state index contributed by atoms with van der Waals surface area (Å²) in [5.41, 5.74) is 4.08. The van der Waals surface area contributed by atoms with Crippen LogP contribution in [0.4, 0.5) is 9.52 Å². The first-order valence-corrected chi connectivity index (χ1v) is 6.05. The van der Waals surface area contributed by atoms with E-state index < -0.39 is 11.4 Å². The van der Waals surface area contributed by atoms with Gasteiger partial charge in [0.15, 0.2) is 5.13 Å². The van der Waals surface area contributed by atoms with Crippen LogP contribution in [0.15, 0.2) is 24.4 Å². The summed E-state index contributed by atoms with van der Waals surface area (Å²) in [5.74, 6) is -0.252. The molecular weight excluding hydrogens is 255 g/mol. The summed E-state index contributed by atoms with van der Waals surface area (Å²) in [5, 5.41) is 10.9. The lowest BCUT2D eigenvalue weighted by Gasteiger charge is -2.24.